The molecule has 0 bridgehead atoms. The van der Waals surface area contributed by atoms with E-state index in [-0.39, 0.29) is 6.04 Å². The van der Waals surface area contributed by atoms with Crippen LogP contribution in [-0.2, 0) is 6.42 Å². The Hall–Kier alpha value is -0.530. The van der Waals surface area contributed by atoms with Crippen molar-refractivity contribution in [1.29, 1.82) is 0 Å². The minimum Gasteiger partial charge on any atom is -0.324 e. The molecule has 1 aliphatic rings. The lowest BCUT2D eigenvalue weighted by molar-refractivity contribution is 0.565. The third-order valence-electron chi connectivity index (χ3n) is 3.22. The summed E-state index contributed by atoms with van der Waals surface area (Å²) in [5, 5.41) is 0.860. The van der Waals surface area contributed by atoms with E-state index in [1.165, 1.54) is 28.7 Å². The quantitative estimate of drug-likeness (QED) is 0.697. The molecule has 0 heterocycles. The van der Waals surface area contributed by atoms with Gasteiger partial charge < -0.3 is 5.73 Å². The van der Waals surface area contributed by atoms with Gasteiger partial charge in [0.1, 0.15) is 0 Å². The highest BCUT2D eigenvalue weighted by Crippen LogP contribution is 2.35. The first-order valence-corrected chi connectivity index (χ1v) is 5.53. The van der Waals surface area contributed by atoms with Crippen LogP contribution in [0.1, 0.15) is 41.1 Å². The summed E-state index contributed by atoms with van der Waals surface area (Å²) in [4.78, 5) is 0. The van der Waals surface area contributed by atoms with Crippen LogP contribution >= 0.6 is 11.6 Å². The Kier molecular flexibility index (Phi) is 2.54. The maximum absolute atomic E-state index is 6.16. The number of hydrogen-bond acceptors (Lipinski definition) is 1. The SMILES string of the molecule is Cc1cc(Cl)c(C)c2c1CCC[C@H]2N. The second kappa shape index (κ2) is 3.56. The molecule has 0 radical (unpaired) electrons. The van der Waals surface area contributed by atoms with Crippen LogP contribution in [0, 0.1) is 13.8 Å². The van der Waals surface area contributed by atoms with Gasteiger partial charge in [-0.1, -0.05) is 11.6 Å². The maximum Gasteiger partial charge on any atom is 0.0441 e. The van der Waals surface area contributed by atoms with Crippen LogP contribution in [0.3, 0.4) is 0 Å². The van der Waals surface area contributed by atoms with Gasteiger partial charge >= 0.3 is 0 Å². The predicted octanol–water partition coefficient (Wildman–Crippen LogP) is 3.29. The average Bonchev–Trinajstić information content (AvgIpc) is 2.14. The van der Waals surface area contributed by atoms with Crippen molar-refractivity contribution in [1.82, 2.24) is 0 Å². The zero-order chi connectivity index (χ0) is 10.3. The second-order valence-corrected chi connectivity index (χ2v) is 4.60. The predicted molar refractivity (Wildman–Crippen MR) is 60.8 cm³/mol. The van der Waals surface area contributed by atoms with Gasteiger partial charge in [-0.15, -0.1) is 0 Å². The van der Waals surface area contributed by atoms with Crippen molar-refractivity contribution >= 4 is 11.6 Å². The standard InChI is InChI=1S/C12H16ClN/c1-7-6-10(13)8(2)12-9(7)4-3-5-11(12)14/h6,11H,3-5,14H2,1-2H3/t11-/m1/s1. The Balaban J connectivity index is 2.67. The minimum absolute atomic E-state index is 0.191. The molecule has 1 aromatic carbocycles. The Bertz CT molecular complexity index is 371. The highest BCUT2D eigenvalue weighted by molar-refractivity contribution is 6.31. The summed E-state index contributed by atoms with van der Waals surface area (Å²) in [7, 11) is 0. The van der Waals surface area contributed by atoms with Crippen LogP contribution in [0.2, 0.25) is 5.02 Å². The van der Waals surface area contributed by atoms with E-state index in [0.717, 1.165) is 17.9 Å². The molecule has 0 aliphatic heterocycles. The lowest BCUT2D eigenvalue weighted by Crippen LogP contribution is -2.19. The van der Waals surface area contributed by atoms with Gasteiger partial charge in [0.15, 0.2) is 0 Å². The largest absolute Gasteiger partial charge is 0.324 e. The lowest BCUT2D eigenvalue weighted by atomic mass is 9.83. The van der Waals surface area contributed by atoms with Gasteiger partial charge in [-0.25, -0.2) is 0 Å². The topological polar surface area (TPSA) is 26.0 Å². The fourth-order valence-electron chi connectivity index (χ4n) is 2.43. The molecule has 14 heavy (non-hydrogen) atoms. The number of halogens is 1. The molecule has 0 aromatic heterocycles. The Labute approximate surface area is 90.3 Å². The number of benzene rings is 1. The van der Waals surface area contributed by atoms with E-state index in [0.29, 0.717) is 0 Å². The van der Waals surface area contributed by atoms with Crippen LogP contribution in [0.5, 0.6) is 0 Å². The average molecular weight is 210 g/mol. The van der Waals surface area contributed by atoms with Crippen LogP contribution in [0.4, 0.5) is 0 Å². The number of hydrogen-bond donors (Lipinski definition) is 1. The molecule has 1 aliphatic carbocycles. The molecule has 0 saturated carbocycles. The van der Waals surface area contributed by atoms with Crippen molar-refractivity contribution in [3.05, 3.63) is 33.3 Å². The molecule has 0 unspecified atom stereocenters. The van der Waals surface area contributed by atoms with Crippen molar-refractivity contribution in [2.45, 2.75) is 39.2 Å². The fourth-order valence-corrected chi connectivity index (χ4v) is 2.70. The zero-order valence-corrected chi connectivity index (χ0v) is 9.49. The van der Waals surface area contributed by atoms with Crippen molar-refractivity contribution in [3.63, 3.8) is 0 Å². The van der Waals surface area contributed by atoms with Crippen molar-refractivity contribution in [2.75, 3.05) is 0 Å². The first-order chi connectivity index (χ1) is 6.61. The van der Waals surface area contributed by atoms with Crippen molar-refractivity contribution < 1.29 is 0 Å². The molecular weight excluding hydrogens is 194 g/mol. The van der Waals surface area contributed by atoms with Gasteiger partial charge in [-0.2, -0.15) is 0 Å². The van der Waals surface area contributed by atoms with E-state index in [4.69, 9.17) is 17.3 Å². The van der Waals surface area contributed by atoms with Crippen molar-refractivity contribution in [2.24, 2.45) is 5.73 Å². The third-order valence-corrected chi connectivity index (χ3v) is 3.61. The van der Waals surface area contributed by atoms with E-state index >= 15 is 0 Å². The van der Waals surface area contributed by atoms with E-state index in [1.54, 1.807) is 0 Å². The number of rotatable bonds is 0. The molecule has 1 aromatic rings. The summed E-state index contributed by atoms with van der Waals surface area (Å²) in [5.74, 6) is 0. The summed E-state index contributed by atoms with van der Waals surface area (Å²) in [6, 6.07) is 2.25. The van der Waals surface area contributed by atoms with Crippen LogP contribution in [0.25, 0.3) is 0 Å². The highest BCUT2D eigenvalue weighted by atomic mass is 35.5. The normalized spacial score (nSPS) is 20.7. The molecule has 0 fully saturated rings. The van der Waals surface area contributed by atoms with E-state index in [1.807, 2.05) is 0 Å². The van der Waals surface area contributed by atoms with E-state index in [9.17, 15) is 0 Å². The first kappa shape index (κ1) is 10.0. The molecule has 0 spiro atoms. The van der Waals surface area contributed by atoms with Gasteiger partial charge in [0, 0.05) is 11.1 Å². The summed E-state index contributed by atoms with van der Waals surface area (Å²) in [5.41, 5.74) is 11.3. The molecule has 0 saturated heterocycles. The molecule has 2 N–H and O–H groups in total. The van der Waals surface area contributed by atoms with Crippen LogP contribution in [0.15, 0.2) is 6.07 Å². The van der Waals surface area contributed by atoms with Gasteiger partial charge in [0.2, 0.25) is 0 Å². The monoisotopic (exact) mass is 209 g/mol. The first-order valence-electron chi connectivity index (χ1n) is 5.15. The summed E-state index contributed by atoms with van der Waals surface area (Å²) >= 11 is 6.16. The second-order valence-electron chi connectivity index (χ2n) is 4.19. The maximum atomic E-state index is 6.16. The van der Waals surface area contributed by atoms with Crippen LogP contribution < -0.4 is 5.73 Å². The molecule has 2 heteroatoms. The Morgan fingerprint density at radius 3 is 2.86 bits per heavy atom. The molecule has 2 rings (SSSR count). The Morgan fingerprint density at radius 2 is 2.14 bits per heavy atom. The fraction of sp³-hybridized carbons (Fsp3) is 0.500. The summed E-state index contributed by atoms with van der Waals surface area (Å²) in [6.07, 6.45) is 3.45. The number of fused-ring (bicyclic) bond motifs is 1. The van der Waals surface area contributed by atoms with Gasteiger partial charge in [0.05, 0.1) is 0 Å². The Morgan fingerprint density at radius 1 is 1.43 bits per heavy atom. The van der Waals surface area contributed by atoms with Gasteiger partial charge in [-0.3, -0.25) is 0 Å². The minimum atomic E-state index is 0.191. The number of nitrogens with two attached hydrogens (primary N) is 1. The number of aryl methyl sites for hydroxylation is 1. The van der Waals surface area contributed by atoms with Crippen LogP contribution in [-0.4, -0.2) is 0 Å². The van der Waals surface area contributed by atoms with Gasteiger partial charge in [0.25, 0.3) is 0 Å². The lowest BCUT2D eigenvalue weighted by Gasteiger charge is -2.26. The summed E-state index contributed by atoms with van der Waals surface area (Å²) < 4.78 is 0. The molecular formula is C12H16ClN. The molecule has 1 nitrogen and oxygen atoms in total. The van der Waals surface area contributed by atoms with Crippen molar-refractivity contribution in [3.8, 4) is 0 Å². The molecule has 0 amide bonds. The smallest absolute Gasteiger partial charge is 0.0441 e. The summed E-state index contributed by atoms with van der Waals surface area (Å²) in [6.45, 7) is 4.20. The van der Waals surface area contributed by atoms with E-state index < -0.39 is 0 Å². The van der Waals surface area contributed by atoms with E-state index in [2.05, 4.69) is 19.9 Å². The molecule has 1 atom stereocenters. The highest BCUT2D eigenvalue weighted by Gasteiger charge is 2.21. The zero-order valence-electron chi connectivity index (χ0n) is 8.73. The van der Waals surface area contributed by atoms with Gasteiger partial charge in [-0.05, 0) is 61.4 Å². The third kappa shape index (κ3) is 1.45. The molecule has 76 valence electrons.